The highest BCUT2D eigenvalue weighted by atomic mass is 16.6. The van der Waals surface area contributed by atoms with Crippen LogP contribution < -0.4 is 0 Å². The second kappa shape index (κ2) is 4.39. The lowest BCUT2D eigenvalue weighted by molar-refractivity contribution is -0.176. The number of Topliss-reactive ketones (excluding diaryl/α,β-unsaturated/α-hetero) is 1. The zero-order valence-electron chi connectivity index (χ0n) is 16.6. The molecule has 0 aromatic heterocycles. The number of carbonyl (C=O) groups is 2. The first-order chi connectivity index (χ1) is 12.9. The minimum Gasteiger partial charge on any atom is -0.458 e. The summed E-state index contributed by atoms with van der Waals surface area (Å²) in [6, 6.07) is 0. The Morgan fingerprint density at radius 2 is 1.89 bits per heavy atom. The highest BCUT2D eigenvalue weighted by Gasteiger charge is 2.80. The van der Waals surface area contributed by atoms with Gasteiger partial charge in [-0.15, -0.1) is 0 Å². The molecule has 0 aromatic carbocycles. The van der Waals surface area contributed by atoms with Crippen molar-refractivity contribution in [3.63, 3.8) is 0 Å². The molecule has 0 bridgehead atoms. The molecule has 5 unspecified atom stereocenters. The van der Waals surface area contributed by atoms with Crippen molar-refractivity contribution in [2.75, 3.05) is 0 Å². The van der Waals surface area contributed by atoms with E-state index in [4.69, 9.17) is 4.74 Å². The smallest absolute Gasteiger partial charge is 0.306 e. The molecule has 5 saturated carbocycles. The molecule has 0 aromatic rings. The van der Waals surface area contributed by atoms with Gasteiger partial charge in [-0.1, -0.05) is 25.0 Å². The summed E-state index contributed by atoms with van der Waals surface area (Å²) < 4.78 is 6.22. The number of allylic oxidation sites excluding steroid dienone is 2. The van der Waals surface area contributed by atoms with Gasteiger partial charge in [0.25, 0.3) is 0 Å². The Morgan fingerprint density at radius 1 is 1.04 bits per heavy atom. The molecule has 1 heterocycles. The fourth-order valence-corrected chi connectivity index (χ4v) is 9.66. The van der Waals surface area contributed by atoms with Crippen molar-refractivity contribution in [1.29, 1.82) is 0 Å². The molecule has 6 fully saturated rings. The first kappa shape index (κ1) is 15.8. The van der Waals surface area contributed by atoms with Gasteiger partial charge in [-0.2, -0.15) is 0 Å². The van der Waals surface area contributed by atoms with E-state index in [0.717, 1.165) is 55.3 Å². The zero-order chi connectivity index (χ0) is 18.3. The van der Waals surface area contributed by atoms with Gasteiger partial charge in [-0.3, -0.25) is 9.59 Å². The molecule has 0 amide bonds. The Labute approximate surface area is 161 Å². The summed E-state index contributed by atoms with van der Waals surface area (Å²) >= 11 is 0. The van der Waals surface area contributed by atoms with Crippen LogP contribution in [0.4, 0.5) is 0 Å². The van der Waals surface area contributed by atoms with E-state index in [-0.39, 0.29) is 22.4 Å². The molecule has 0 N–H and O–H groups in total. The largest absolute Gasteiger partial charge is 0.458 e. The van der Waals surface area contributed by atoms with Gasteiger partial charge in [0.1, 0.15) is 11.4 Å². The number of carbonyl (C=O) groups excluding carboxylic acids is 2. The molecular formula is C24H30O3. The third-order valence-electron chi connectivity index (χ3n) is 10.8. The summed E-state index contributed by atoms with van der Waals surface area (Å²) in [5.74, 6) is 5.00. The Bertz CT molecular complexity index is 841. The van der Waals surface area contributed by atoms with E-state index < -0.39 is 0 Å². The van der Waals surface area contributed by atoms with Crippen molar-refractivity contribution in [2.24, 2.45) is 46.3 Å². The van der Waals surface area contributed by atoms with E-state index in [1.807, 2.05) is 0 Å². The van der Waals surface area contributed by atoms with Crippen molar-refractivity contribution >= 4 is 11.8 Å². The van der Waals surface area contributed by atoms with Gasteiger partial charge in [-0.05, 0) is 73.5 Å². The van der Waals surface area contributed by atoms with Crippen LogP contribution >= 0.6 is 0 Å². The lowest BCUT2D eigenvalue weighted by atomic mass is 9.45. The normalized spacial score (nSPS) is 59.6. The number of fused-ring (bicyclic) bond motifs is 11. The van der Waals surface area contributed by atoms with Gasteiger partial charge in [0.05, 0.1) is 0 Å². The number of hydrogen-bond donors (Lipinski definition) is 0. The van der Waals surface area contributed by atoms with Crippen molar-refractivity contribution in [3.05, 3.63) is 11.1 Å². The summed E-state index contributed by atoms with van der Waals surface area (Å²) in [6.07, 6.45) is 9.28. The highest BCUT2D eigenvalue weighted by molar-refractivity contribution is 5.83. The van der Waals surface area contributed by atoms with Crippen molar-refractivity contribution in [3.8, 4) is 0 Å². The SMILES string of the molecule is C[C@]12CCC(=O)CC1=C1CC1C1C2CC[C@@]2(C)C1C1C[C@@H]1[C@@]21CCC(=O)O1. The van der Waals surface area contributed by atoms with E-state index in [9.17, 15) is 9.59 Å². The molecule has 0 radical (unpaired) electrons. The third-order valence-corrected chi connectivity index (χ3v) is 10.8. The van der Waals surface area contributed by atoms with Crippen LogP contribution in [0.2, 0.25) is 0 Å². The molecule has 1 aliphatic heterocycles. The molecule has 3 nitrogen and oxygen atoms in total. The summed E-state index contributed by atoms with van der Waals surface area (Å²) in [5.41, 5.74) is 3.58. The standard InChI is InChI=1S/C24H30O3/c1-22-6-3-12(25)9-17(22)13-10-14(13)20-16(22)4-7-23(2)21(20)15-11-18(15)24(23)8-5-19(26)27-24/h14-16,18,20-21H,3-11H2,1-2H3/t14?,15?,16?,18-,20?,21?,22+,23-,24-/m0/s1. The number of ketones is 1. The monoisotopic (exact) mass is 366 g/mol. The molecule has 6 aliphatic carbocycles. The van der Waals surface area contributed by atoms with Gasteiger partial charge in [-0.25, -0.2) is 0 Å². The maximum Gasteiger partial charge on any atom is 0.306 e. The summed E-state index contributed by atoms with van der Waals surface area (Å²) in [7, 11) is 0. The molecule has 1 saturated heterocycles. The summed E-state index contributed by atoms with van der Waals surface area (Å²) in [6.45, 7) is 4.99. The second-order valence-corrected chi connectivity index (χ2v) is 11.5. The first-order valence-corrected chi connectivity index (χ1v) is 11.3. The van der Waals surface area contributed by atoms with E-state index >= 15 is 0 Å². The zero-order valence-corrected chi connectivity index (χ0v) is 16.6. The summed E-state index contributed by atoms with van der Waals surface area (Å²) in [5, 5.41) is 0. The Kier molecular flexibility index (Phi) is 2.56. The number of ether oxygens (including phenoxy) is 1. The third kappa shape index (κ3) is 1.58. The number of rotatable bonds is 0. The molecule has 1 spiro atoms. The molecule has 9 atom stereocenters. The van der Waals surface area contributed by atoms with Gasteiger partial charge < -0.3 is 4.74 Å². The Balaban J connectivity index is 1.34. The topological polar surface area (TPSA) is 43.4 Å². The maximum atomic E-state index is 12.2. The van der Waals surface area contributed by atoms with Crippen LogP contribution in [-0.4, -0.2) is 17.4 Å². The van der Waals surface area contributed by atoms with E-state index in [1.165, 1.54) is 25.7 Å². The van der Waals surface area contributed by atoms with Crippen molar-refractivity contribution < 1.29 is 14.3 Å². The predicted octanol–water partition coefficient (Wildman–Crippen LogP) is 4.45. The predicted molar refractivity (Wildman–Crippen MR) is 99.6 cm³/mol. The van der Waals surface area contributed by atoms with Crippen LogP contribution in [0, 0.1) is 46.3 Å². The average Bonchev–Trinajstić information content (AvgIpc) is 3.53. The fourth-order valence-electron chi connectivity index (χ4n) is 9.66. The molecular weight excluding hydrogens is 336 g/mol. The van der Waals surface area contributed by atoms with Crippen molar-refractivity contribution in [2.45, 2.75) is 77.2 Å². The van der Waals surface area contributed by atoms with Gasteiger partial charge in [0.15, 0.2) is 0 Å². The molecule has 7 aliphatic rings. The quantitative estimate of drug-likeness (QED) is 0.470. The van der Waals surface area contributed by atoms with E-state index in [2.05, 4.69) is 13.8 Å². The van der Waals surface area contributed by atoms with Gasteiger partial charge >= 0.3 is 5.97 Å². The average molecular weight is 367 g/mol. The Morgan fingerprint density at radius 3 is 2.67 bits per heavy atom. The molecule has 7 rings (SSSR count). The van der Waals surface area contributed by atoms with Crippen molar-refractivity contribution in [1.82, 2.24) is 0 Å². The first-order valence-electron chi connectivity index (χ1n) is 11.3. The minimum absolute atomic E-state index is 0.0559. The molecule has 27 heavy (non-hydrogen) atoms. The van der Waals surface area contributed by atoms with Gasteiger partial charge in [0.2, 0.25) is 0 Å². The number of esters is 1. The summed E-state index contributed by atoms with van der Waals surface area (Å²) in [4.78, 5) is 24.3. The van der Waals surface area contributed by atoms with Crippen LogP contribution in [0.5, 0.6) is 0 Å². The van der Waals surface area contributed by atoms with Crippen LogP contribution in [0.25, 0.3) is 0 Å². The lowest BCUT2D eigenvalue weighted by Gasteiger charge is -2.59. The van der Waals surface area contributed by atoms with Crippen LogP contribution in [-0.2, 0) is 14.3 Å². The highest BCUT2D eigenvalue weighted by Crippen LogP contribution is 2.81. The minimum atomic E-state index is -0.132. The Hall–Kier alpha value is -1.12. The van der Waals surface area contributed by atoms with E-state index in [0.29, 0.717) is 18.1 Å². The maximum absolute atomic E-state index is 12.2. The lowest BCUT2D eigenvalue weighted by Crippen LogP contribution is -2.57. The molecule has 144 valence electrons. The number of hydrogen-bond acceptors (Lipinski definition) is 3. The van der Waals surface area contributed by atoms with Crippen LogP contribution in [0.15, 0.2) is 11.1 Å². The second-order valence-electron chi connectivity index (χ2n) is 11.5. The fraction of sp³-hybridized carbons (Fsp3) is 0.833. The van der Waals surface area contributed by atoms with Crippen LogP contribution in [0.3, 0.4) is 0 Å². The van der Waals surface area contributed by atoms with E-state index in [1.54, 1.807) is 11.1 Å². The van der Waals surface area contributed by atoms with Crippen LogP contribution in [0.1, 0.15) is 71.6 Å². The molecule has 3 heteroatoms. The van der Waals surface area contributed by atoms with Gasteiger partial charge in [0, 0.05) is 30.6 Å².